The third-order valence-corrected chi connectivity index (χ3v) is 7.45. The molecule has 0 radical (unpaired) electrons. The van der Waals surface area contributed by atoms with Crippen molar-refractivity contribution in [3.05, 3.63) is 0 Å². The second-order valence-corrected chi connectivity index (χ2v) is 10.3. The summed E-state index contributed by atoms with van der Waals surface area (Å²) in [5, 5.41) is 8.45. The largest absolute Gasteiger partial charge is 0.466 e. The van der Waals surface area contributed by atoms with Gasteiger partial charge in [-0.1, -0.05) is 28.5 Å². The third-order valence-electron chi connectivity index (χ3n) is 2.95. The van der Waals surface area contributed by atoms with Crippen molar-refractivity contribution < 1.29 is 27.9 Å². The highest BCUT2D eigenvalue weighted by Crippen LogP contribution is 2.47. The van der Waals surface area contributed by atoms with Gasteiger partial charge in [-0.2, -0.15) is 5.26 Å². The molecule has 1 unspecified atom stereocenters. The highest BCUT2D eigenvalue weighted by Gasteiger charge is 2.21. The van der Waals surface area contributed by atoms with Gasteiger partial charge in [-0.25, -0.2) is 0 Å². The van der Waals surface area contributed by atoms with Gasteiger partial charge in [-0.3, -0.25) is 9.36 Å². The summed E-state index contributed by atoms with van der Waals surface area (Å²) >= 11 is 0. The molecule has 7 nitrogen and oxygen atoms in total. The van der Waals surface area contributed by atoms with Crippen molar-refractivity contribution in [1.82, 2.24) is 0 Å². The van der Waals surface area contributed by atoms with Crippen LogP contribution in [0.15, 0.2) is 0 Å². The molecule has 10 heteroatoms. The number of rotatable bonds is 17. The maximum absolute atomic E-state index is 12.2. The molecule has 0 aromatic heterocycles. The van der Waals surface area contributed by atoms with Crippen LogP contribution in [-0.2, 0) is 27.9 Å². The van der Waals surface area contributed by atoms with Gasteiger partial charge in [-0.05, 0) is 19.8 Å². The molecule has 0 rings (SSSR count). The van der Waals surface area contributed by atoms with Gasteiger partial charge in [0.25, 0.3) is 0 Å². The maximum atomic E-state index is 12.2. The first-order valence-corrected chi connectivity index (χ1v) is 12.8. The van der Waals surface area contributed by atoms with Crippen LogP contribution in [0, 0.1) is 11.3 Å². The summed E-state index contributed by atoms with van der Waals surface area (Å²) in [5.74, 6) is 1.37. The first kappa shape index (κ1) is 25.5. The zero-order valence-corrected chi connectivity index (χ0v) is 18.0. The van der Waals surface area contributed by atoms with Crippen LogP contribution in [0.2, 0.25) is 0 Å². The molecule has 0 aliphatic rings. The number of carbonyl (C=O) groups is 2. The Morgan fingerprint density at radius 3 is 2.23 bits per heavy atom. The van der Waals surface area contributed by atoms with Crippen molar-refractivity contribution in [1.29, 1.82) is 5.26 Å². The zero-order valence-electron chi connectivity index (χ0n) is 15.4. The molecule has 0 aromatic rings. The molecule has 0 aromatic carbocycles. The number of hydrogen-bond acceptors (Lipinski definition) is 9. The average molecular weight is 426 g/mol. The molecule has 150 valence electrons. The fourth-order valence-electron chi connectivity index (χ4n) is 1.54. The van der Waals surface area contributed by atoms with Crippen LogP contribution in [0.5, 0.6) is 0 Å². The van der Waals surface area contributed by atoms with Gasteiger partial charge < -0.3 is 18.6 Å². The molecule has 0 bridgehead atoms. The Balaban J connectivity index is 3.50. The van der Waals surface area contributed by atoms with Crippen LogP contribution in [0.3, 0.4) is 0 Å². The molecule has 0 fully saturated rings. The summed E-state index contributed by atoms with van der Waals surface area (Å²) in [4.78, 5) is 22.0. The topological polar surface area (TPSA) is 103 Å². The molecule has 0 aliphatic carbocycles. The smallest absolute Gasteiger partial charge is 0.330 e. The lowest BCUT2D eigenvalue weighted by molar-refractivity contribution is -0.144. The number of carbonyl (C=O) groups excluding carboxylic acids is 2. The molecule has 26 heavy (non-hydrogen) atoms. The Labute approximate surface area is 163 Å². The maximum Gasteiger partial charge on any atom is 0.330 e. The van der Waals surface area contributed by atoms with E-state index >= 15 is 0 Å². The molecule has 0 saturated carbocycles. The number of ketones is 1. The number of nitriles is 1. The Bertz CT molecular complexity index is 498. The van der Waals surface area contributed by atoms with Crippen molar-refractivity contribution in [2.24, 2.45) is 0 Å². The summed E-state index contributed by atoms with van der Waals surface area (Å²) in [6.45, 7) is 4.05. The molecule has 0 aliphatic heterocycles. The van der Waals surface area contributed by atoms with Gasteiger partial charge >= 0.3 is 13.6 Å². The summed E-state index contributed by atoms with van der Waals surface area (Å²) in [6, 6.07) is 1.94. The number of esters is 1. The quantitative estimate of drug-likeness (QED) is 0.147. The first-order valence-electron chi connectivity index (χ1n) is 8.58. The summed E-state index contributed by atoms with van der Waals surface area (Å²) < 4.78 is 27.7. The Hall–Kier alpha value is -0.520. The zero-order chi connectivity index (χ0) is 19.7. The molecule has 0 heterocycles. The van der Waals surface area contributed by atoms with E-state index in [2.05, 4.69) is 0 Å². The molecular weight excluding hydrogens is 397 g/mol. The van der Waals surface area contributed by atoms with Crippen molar-refractivity contribution in [2.45, 2.75) is 46.0 Å². The van der Waals surface area contributed by atoms with E-state index in [4.69, 9.17) is 19.0 Å². The summed E-state index contributed by atoms with van der Waals surface area (Å²) in [7, 11) is 0.308. The molecule has 1 atom stereocenters. The van der Waals surface area contributed by atoms with E-state index in [9.17, 15) is 14.2 Å². The molecule has 0 N–H and O–H groups in total. The van der Waals surface area contributed by atoms with Crippen LogP contribution >= 0.6 is 29.2 Å². The molecule has 0 spiro atoms. The Kier molecular flexibility index (Phi) is 16.3. The van der Waals surface area contributed by atoms with Gasteiger partial charge in [0.15, 0.2) is 0 Å². The van der Waals surface area contributed by atoms with Crippen LogP contribution < -0.4 is 0 Å². The molecule has 0 saturated heterocycles. The van der Waals surface area contributed by atoms with E-state index in [1.54, 1.807) is 28.5 Å². The number of hydrogen-bond donors (Lipinski definition) is 0. The fourth-order valence-corrected chi connectivity index (χ4v) is 4.88. The molecule has 0 amide bonds. The van der Waals surface area contributed by atoms with Gasteiger partial charge in [-0.15, -0.1) is 0 Å². The van der Waals surface area contributed by atoms with Crippen LogP contribution in [0.4, 0.5) is 0 Å². The lowest BCUT2D eigenvalue weighted by atomic mass is 10.2. The van der Waals surface area contributed by atoms with E-state index < -0.39 is 7.60 Å². The van der Waals surface area contributed by atoms with Crippen LogP contribution in [-0.4, -0.2) is 49.2 Å². The Morgan fingerprint density at radius 2 is 1.65 bits per heavy atom. The predicted octanol–water partition coefficient (Wildman–Crippen LogP) is 4.22. The van der Waals surface area contributed by atoms with Crippen molar-refractivity contribution >= 4 is 40.9 Å². The van der Waals surface area contributed by atoms with Gasteiger partial charge in [0.05, 0.1) is 38.7 Å². The normalized spacial score (nSPS) is 13.0. The summed E-state index contributed by atoms with van der Waals surface area (Å²) in [5.41, 5.74) is 0. The number of nitrogens with zero attached hydrogens (tertiary/aromatic N) is 1. The minimum Gasteiger partial charge on any atom is -0.466 e. The highest BCUT2D eigenvalue weighted by atomic mass is 33.1. The second kappa shape index (κ2) is 16.6. The van der Waals surface area contributed by atoms with Crippen molar-refractivity contribution in [3.63, 3.8) is 0 Å². The Morgan fingerprint density at radius 1 is 1.04 bits per heavy atom. The van der Waals surface area contributed by atoms with E-state index in [0.29, 0.717) is 19.4 Å². The van der Waals surface area contributed by atoms with E-state index in [1.165, 1.54) is 6.92 Å². The van der Waals surface area contributed by atoms with Crippen LogP contribution in [0.1, 0.15) is 46.0 Å². The van der Waals surface area contributed by atoms with E-state index in [1.807, 2.05) is 6.07 Å². The standard InChI is InChI=1S/C16H28NO6PS2/c1-3-24(20,22-11-4-9-17)23-12-6-14-26-25-13-5-10-21-16(19)8-7-15(2)18/h3-8,10-14H2,1-2H3. The van der Waals surface area contributed by atoms with Crippen molar-refractivity contribution in [2.75, 3.05) is 37.5 Å². The summed E-state index contributed by atoms with van der Waals surface area (Å²) in [6.07, 6.45) is 2.40. The van der Waals surface area contributed by atoms with Crippen molar-refractivity contribution in [3.8, 4) is 6.07 Å². The first-order chi connectivity index (χ1) is 12.4. The minimum atomic E-state index is -3.06. The fraction of sp³-hybridized carbons (Fsp3) is 0.812. The van der Waals surface area contributed by atoms with E-state index in [0.717, 1.165) is 24.3 Å². The lowest BCUT2D eigenvalue weighted by Crippen LogP contribution is -2.07. The third kappa shape index (κ3) is 15.7. The van der Waals surface area contributed by atoms with Gasteiger partial charge in [0, 0.05) is 24.1 Å². The SMILES string of the molecule is CCP(=O)(OCCC#N)OCCCSSCCCOC(=O)CCC(C)=O. The second-order valence-electron chi connectivity index (χ2n) is 5.28. The van der Waals surface area contributed by atoms with Gasteiger partial charge in [0.1, 0.15) is 5.78 Å². The number of ether oxygens (including phenoxy) is 1. The number of Topliss-reactive ketones (excluding diaryl/α,β-unsaturated/α-hetero) is 1. The predicted molar refractivity (Wildman–Crippen MR) is 105 cm³/mol. The minimum absolute atomic E-state index is 0.0121. The highest BCUT2D eigenvalue weighted by molar-refractivity contribution is 8.76. The monoisotopic (exact) mass is 425 g/mol. The average Bonchev–Trinajstić information content (AvgIpc) is 2.61. The lowest BCUT2D eigenvalue weighted by Gasteiger charge is -2.16. The van der Waals surface area contributed by atoms with Crippen LogP contribution in [0.25, 0.3) is 0 Å². The molecular formula is C16H28NO6PS2. The van der Waals surface area contributed by atoms with Gasteiger partial charge in [0.2, 0.25) is 0 Å². The van der Waals surface area contributed by atoms with E-state index in [-0.39, 0.29) is 37.6 Å².